The summed E-state index contributed by atoms with van der Waals surface area (Å²) in [5.41, 5.74) is -0.628. The quantitative estimate of drug-likeness (QED) is 0.904. The van der Waals surface area contributed by atoms with Crippen LogP contribution < -0.4 is 5.14 Å². The van der Waals surface area contributed by atoms with Gasteiger partial charge in [0.2, 0.25) is 10.0 Å². The van der Waals surface area contributed by atoms with Gasteiger partial charge in [-0.1, -0.05) is 0 Å². The molecule has 0 radical (unpaired) electrons. The highest BCUT2D eigenvalue weighted by molar-refractivity contribution is 7.89. The van der Waals surface area contributed by atoms with Gasteiger partial charge < -0.3 is 4.90 Å². The highest BCUT2D eigenvalue weighted by atomic mass is 32.2. The van der Waals surface area contributed by atoms with E-state index >= 15 is 0 Å². The van der Waals surface area contributed by atoms with Crippen LogP contribution in [0.25, 0.3) is 0 Å². The number of rotatable bonds is 4. The van der Waals surface area contributed by atoms with E-state index in [0.717, 1.165) is 12.8 Å². The molecule has 5 nitrogen and oxygen atoms in total. The van der Waals surface area contributed by atoms with Crippen molar-refractivity contribution >= 4 is 15.9 Å². The lowest BCUT2D eigenvalue weighted by Gasteiger charge is -2.17. The van der Waals surface area contributed by atoms with Crippen LogP contribution in [0.2, 0.25) is 0 Å². The molecule has 2 rings (SSSR count). The molecular weight excluding hydrogens is 290 g/mol. The number of hydrogen-bond donors (Lipinski definition) is 1. The van der Waals surface area contributed by atoms with Crippen LogP contribution in [-0.2, 0) is 10.0 Å². The molecule has 0 heterocycles. The number of sulfonamides is 1. The Labute approximate surface area is 115 Å². The molecule has 0 aromatic heterocycles. The first-order valence-corrected chi connectivity index (χ1v) is 7.52. The summed E-state index contributed by atoms with van der Waals surface area (Å²) in [4.78, 5) is 12.3. The van der Waals surface area contributed by atoms with Crippen LogP contribution in [0.15, 0.2) is 17.0 Å². The van der Waals surface area contributed by atoms with Crippen molar-refractivity contribution < 1.29 is 22.0 Å². The van der Waals surface area contributed by atoms with E-state index in [0.29, 0.717) is 24.6 Å². The van der Waals surface area contributed by atoms with Crippen molar-refractivity contribution in [2.75, 3.05) is 13.6 Å². The summed E-state index contributed by atoms with van der Waals surface area (Å²) >= 11 is 0. The van der Waals surface area contributed by atoms with Gasteiger partial charge in [-0.3, -0.25) is 4.79 Å². The van der Waals surface area contributed by atoms with Crippen molar-refractivity contribution in [3.63, 3.8) is 0 Å². The molecule has 2 N–H and O–H groups in total. The molecule has 0 aliphatic heterocycles. The summed E-state index contributed by atoms with van der Waals surface area (Å²) in [5, 5.41) is 4.80. The molecule has 1 aromatic carbocycles. The number of nitrogens with zero attached hydrogens (tertiary/aromatic N) is 1. The van der Waals surface area contributed by atoms with Crippen LogP contribution >= 0.6 is 0 Å². The largest absolute Gasteiger partial charge is 0.341 e. The highest BCUT2D eigenvalue weighted by Gasteiger charge is 2.28. The van der Waals surface area contributed by atoms with Gasteiger partial charge in [0.05, 0.1) is 5.56 Å². The maximum atomic E-state index is 14.0. The fourth-order valence-corrected chi connectivity index (χ4v) is 2.54. The van der Waals surface area contributed by atoms with Crippen molar-refractivity contribution in [2.45, 2.75) is 17.7 Å². The van der Waals surface area contributed by atoms with Gasteiger partial charge in [-0.15, -0.1) is 0 Å². The molecule has 0 spiro atoms. The Bertz CT molecular complexity index is 657. The first-order valence-electron chi connectivity index (χ1n) is 5.97. The summed E-state index contributed by atoms with van der Waals surface area (Å²) < 4.78 is 49.8. The maximum Gasteiger partial charge on any atom is 0.256 e. The van der Waals surface area contributed by atoms with Crippen LogP contribution in [0.3, 0.4) is 0 Å². The molecule has 0 atom stereocenters. The number of primary sulfonamides is 1. The Morgan fingerprint density at radius 1 is 1.40 bits per heavy atom. The van der Waals surface area contributed by atoms with E-state index < -0.39 is 38.0 Å². The third kappa shape index (κ3) is 3.13. The molecule has 1 aliphatic carbocycles. The van der Waals surface area contributed by atoms with Crippen molar-refractivity contribution in [3.8, 4) is 0 Å². The van der Waals surface area contributed by atoms with Gasteiger partial charge in [-0.05, 0) is 30.9 Å². The van der Waals surface area contributed by atoms with Crippen LogP contribution in [0.5, 0.6) is 0 Å². The van der Waals surface area contributed by atoms with Gasteiger partial charge in [-0.2, -0.15) is 0 Å². The van der Waals surface area contributed by atoms with Crippen molar-refractivity contribution in [1.29, 1.82) is 0 Å². The lowest BCUT2D eigenvalue weighted by atomic mass is 10.1. The minimum atomic E-state index is -4.43. The fourth-order valence-electron chi connectivity index (χ4n) is 1.90. The van der Waals surface area contributed by atoms with Gasteiger partial charge in [-0.25, -0.2) is 22.3 Å². The Morgan fingerprint density at radius 2 is 2.00 bits per heavy atom. The molecule has 0 bridgehead atoms. The van der Waals surface area contributed by atoms with E-state index in [2.05, 4.69) is 0 Å². The van der Waals surface area contributed by atoms with Crippen LogP contribution in [0.1, 0.15) is 23.2 Å². The lowest BCUT2D eigenvalue weighted by molar-refractivity contribution is 0.0783. The normalized spacial score (nSPS) is 15.2. The Hall–Kier alpha value is -1.54. The zero-order valence-electron chi connectivity index (χ0n) is 10.8. The Kier molecular flexibility index (Phi) is 3.79. The first-order chi connectivity index (χ1) is 9.20. The molecule has 8 heteroatoms. The highest BCUT2D eigenvalue weighted by Crippen LogP contribution is 2.30. The number of halogens is 2. The average molecular weight is 304 g/mol. The predicted octanol–water partition coefficient (Wildman–Crippen LogP) is 1.09. The molecule has 1 amide bonds. The van der Waals surface area contributed by atoms with Crippen LogP contribution in [0.4, 0.5) is 8.78 Å². The summed E-state index contributed by atoms with van der Waals surface area (Å²) in [6, 6.07) is 1.14. The average Bonchev–Trinajstić information content (AvgIpc) is 3.13. The summed E-state index contributed by atoms with van der Waals surface area (Å²) in [5.74, 6) is -2.74. The van der Waals surface area contributed by atoms with E-state index in [4.69, 9.17) is 5.14 Å². The molecule has 110 valence electrons. The number of carbonyl (C=O) groups excluding carboxylic acids is 1. The minimum Gasteiger partial charge on any atom is -0.341 e. The van der Waals surface area contributed by atoms with E-state index in [9.17, 15) is 22.0 Å². The molecule has 1 aromatic rings. The van der Waals surface area contributed by atoms with Gasteiger partial charge in [0.25, 0.3) is 5.91 Å². The molecule has 1 saturated carbocycles. The third-order valence-electron chi connectivity index (χ3n) is 3.12. The number of amides is 1. The van der Waals surface area contributed by atoms with Crippen molar-refractivity contribution in [1.82, 2.24) is 4.90 Å². The molecule has 1 fully saturated rings. The Morgan fingerprint density at radius 3 is 2.50 bits per heavy atom. The van der Waals surface area contributed by atoms with Gasteiger partial charge in [0.15, 0.2) is 5.82 Å². The number of nitrogens with two attached hydrogens (primary N) is 1. The van der Waals surface area contributed by atoms with E-state index in [1.54, 1.807) is 0 Å². The zero-order chi connectivity index (χ0) is 15.1. The predicted molar refractivity (Wildman–Crippen MR) is 67.4 cm³/mol. The maximum absolute atomic E-state index is 14.0. The SMILES string of the molecule is CN(CC1CC1)C(=O)c1cc(F)cc(S(N)(=O)=O)c1F. The standard InChI is InChI=1S/C12H14F2N2O3S/c1-16(6-7-2-3-7)12(17)9-4-8(13)5-10(11(9)14)20(15,18)19/h4-5,7H,2-3,6H2,1H3,(H2,15,18,19). The zero-order valence-corrected chi connectivity index (χ0v) is 11.6. The first kappa shape index (κ1) is 14.9. The van der Waals surface area contributed by atoms with Crippen molar-refractivity contribution in [3.05, 3.63) is 29.3 Å². The number of hydrogen-bond acceptors (Lipinski definition) is 3. The second-order valence-corrected chi connectivity index (χ2v) is 6.47. The number of benzene rings is 1. The minimum absolute atomic E-state index is 0.373. The lowest BCUT2D eigenvalue weighted by Crippen LogP contribution is -2.30. The van der Waals surface area contributed by atoms with E-state index in [1.807, 2.05) is 0 Å². The molecule has 0 unspecified atom stereocenters. The summed E-state index contributed by atoms with van der Waals surface area (Å²) in [6.45, 7) is 0.430. The van der Waals surface area contributed by atoms with E-state index in [1.165, 1.54) is 11.9 Å². The second kappa shape index (κ2) is 5.10. The molecule has 0 saturated heterocycles. The Balaban J connectivity index is 2.40. The number of carbonyl (C=O) groups is 1. The topological polar surface area (TPSA) is 80.5 Å². The van der Waals surface area contributed by atoms with Crippen LogP contribution in [-0.4, -0.2) is 32.8 Å². The molecule has 20 heavy (non-hydrogen) atoms. The fraction of sp³-hybridized carbons (Fsp3) is 0.417. The van der Waals surface area contributed by atoms with E-state index in [-0.39, 0.29) is 0 Å². The smallest absolute Gasteiger partial charge is 0.256 e. The second-order valence-electron chi connectivity index (χ2n) is 4.94. The molecular formula is C12H14F2N2O3S. The monoisotopic (exact) mass is 304 g/mol. The van der Waals surface area contributed by atoms with Gasteiger partial charge in [0.1, 0.15) is 10.7 Å². The van der Waals surface area contributed by atoms with Gasteiger partial charge >= 0.3 is 0 Å². The summed E-state index contributed by atoms with van der Waals surface area (Å²) in [6.07, 6.45) is 1.98. The van der Waals surface area contributed by atoms with Gasteiger partial charge in [0, 0.05) is 13.6 Å². The van der Waals surface area contributed by atoms with Crippen LogP contribution in [0, 0.1) is 17.6 Å². The van der Waals surface area contributed by atoms with Crippen molar-refractivity contribution in [2.24, 2.45) is 11.1 Å². The third-order valence-corrected chi connectivity index (χ3v) is 4.03. The molecule has 1 aliphatic rings. The summed E-state index contributed by atoms with van der Waals surface area (Å²) in [7, 11) is -2.97.